The molecule has 0 aliphatic carbocycles. The summed E-state index contributed by atoms with van der Waals surface area (Å²) >= 11 is 0. The number of carbonyl (C=O) groups excluding carboxylic acids is 2. The van der Waals surface area contributed by atoms with Crippen LogP contribution in [0.5, 0.6) is 5.75 Å². The fourth-order valence-corrected chi connectivity index (χ4v) is 1.69. The van der Waals surface area contributed by atoms with Gasteiger partial charge in [0.15, 0.2) is 0 Å². The summed E-state index contributed by atoms with van der Waals surface area (Å²) in [5.41, 5.74) is 0.563. The summed E-state index contributed by atoms with van der Waals surface area (Å²) in [5, 5.41) is 9.23. The number of hydrogen-bond donors (Lipinski definition) is 1. The minimum atomic E-state index is -0.666. The van der Waals surface area contributed by atoms with Gasteiger partial charge in [-0.2, -0.15) is 0 Å². The van der Waals surface area contributed by atoms with Gasteiger partial charge in [-0.3, -0.25) is 4.90 Å². The largest absolute Gasteiger partial charge is 0.508 e. The fourth-order valence-electron chi connectivity index (χ4n) is 1.69. The third-order valence-electron chi connectivity index (χ3n) is 2.60. The normalized spacial score (nSPS) is 14.7. The molecule has 0 aromatic heterocycles. The number of carbonyl (C=O) groups is 2. The molecule has 0 saturated carbocycles. The van der Waals surface area contributed by atoms with E-state index in [9.17, 15) is 14.7 Å². The third-order valence-corrected chi connectivity index (χ3v) is 2.60. The van der Waals surface area contributed by atoms with Crippen molar-refractivity contribution in [2.24, 2.45) is 0 Å². The third kappa shape index (κ3) is 2.67. The summed E-state index contributed by atoms with van der Waals surface area (Å²) in [4.78, 5) is 26.1. The lowest BCUT2D eigenvalue weighted by Gasteiger charge is -2.29. The Kier molecular flexibility index (Phi) is 3.70. The average molecular weight is 262 g/mol. The van der Waals surface area contributed by atoms with Crippen LogP contribution in [0.25, 0.3) is 0 Å². The highest BCUT2D eigenvalue weighted by molar-refractivity contribution is 6.02. The van der Waals surface area contributed by atoms with Gasteiger partial charge in [0.05, 0.1) is 18.8 Å². The van der Waals surface area contributed by atoms with Gasteiger partial charge in [-0.15, -0.1) is 0 Å². The molecule has 19 heavy (non-hydrogen) atoms. The van der Waals surface area contributed by atoms with E-state index in [0.29, 0.717) is 5.69 Å². The molecule has 0 spiro atoms. The SMILES string of the molecule is CCOC(=O)N1CC=CN(c2ccc(O)cc2)C1=O. The van der Waals surface area contributed by atoms with Gasteiger partial charge in [-0.05, 0) is 37.3 Å². The van der Waals surface area contributed by atoms with Crippen LogP contribution >= 0.6 is 0 Å². The molecule has 1 aromatic rings. The first kappa shape index (κ1) is 12.9. The Labute approximate surface area is 110 Å². The number of amides is 3. The molecule has 0 radical (unpaired) electrons. The van der Waals surface area contributed by atoms with E-state index in [1.54, 1.807) is 31.3 Å². The maximum absolute atomic E-state index is 12.2. The zero-order valence-electron chi connectivity index (χ0n) is 10.4. The molecular formula is C13H14N2O4. The van der Waals surface area contributed by atoms with Gasteiger partial charge in [0.1, 0.15) is 5.75 Å². The molecule has 0 fully saturated rings. The Morgan fingerprint density at radius 2 is 2.05 bits per heavy atom. The van der Waals surface area contributed by atoms with Crippen molar-refractivity contribution in [1.29, 1.82) is 0 Å². The quantitative estimate of drug-likeness (QED) is 0.887. The summed E-state index contributed by atoms with van der Waals surface area (Å²) in [7, 11) is 0. The lowest BCUT2D eigenvalue weighted by Crippen LogP contribution is -2.47. The van der Waals surface area contributed by atoms with Gasteiger partial charge < -0.3 is 9.84 Å². The molecule has 1 aromatic carbocycles. The predicted octanol–water partition coefficient (Wildman–Crippen LogP) is 2.30. The summed E-state index contributed by atoms with van der Waals surface area (Å²) in [6.07, 6.45) is 2.61. The number of urea groups is 1. The number of benzene rings is 1. The maximum Gasteiger partial charge on any atom is 0.418 e. The van der Waals surface area contributed by atoms with Crippen LogP contribution in [0.1, 0.15) is 6.92 Å². The number of nitrogens with zero attached hydrogens (tertiary/aromatic N) is 2. The molecule has 6 heteroatoms. The lowest BCUT2D eigenvalue weighted by molar-refractivity contribution is 0.118. The first-order valence-corrected chi connectivity index (χ1v) is 5.86. The number of anilines is 1. The smallest absolute Gasteiger partial charge is 0.418 e. The number of ether oxygens (including phenoxy) is 1. The summed E-state index contributed by atoms with van der Waals surface area (Å²) in [6, 6.07) is 5.64. The highest BCUT2D eigenvalue weighted by atomic mass is 16.6. The Morgan fingerprint density at radius 1 is 1.37 bits per heavy atom. The molecule has 0 unspecified atom stereocenters. The van der Waals surface area contributed by atoms with Crippen LogP contribution in [0.2, 0.25) is 0 Å². The van der Waals surface area contributed by atoms with Gasteiger partial charge >= 0.3 is 12.1 Å². The van der Waals surface area contributed by atoms with Crippen molar-refractivity contribution in [3.8, 4) is 5.75 Å². The van der Waals surface area contributed by atoms with Crippen LogP contribution in [-0.2, 0) is 4.74 Å². The van der Waals surface area contributed by atoms with Gasteiger partial charge in [0, 0.05) is 6.20 Å². The standard InChI is InChI=1S/C13H14N2O4/c1-2-19-13(18)15-9-3-8-14(12(15)17)10-4-6-11(16)7-5-10/h3-8,16H,2,9H2,1H3. The Bertz CT molecular complexity index is 510. The lowest BCUT2D eigenvalue weighted by atomic mass is 10.2. The van der Waals surface area contributed by atoms with Gasteiger partial charge in [0.25, 0.3) is 0 Å². The molecule has 1 N–H and O–H groups in total. The minimum Gasteiger partial charge on any atom is -0.508 e. The Balaban J connectivity index is 2.21. The number of aromatic hydroxyl groups is 1. The van der Waals surface area contributed by atoms with E-state index in [4.69, 9.17) is 4.74 Å². The molecule has 0 atom stereocenters. The molecule has 1 aliphatic rings. The van der Waals surface area contributed by atoms with Crippen LogP contribution in [0.4, 0.5) is 15.3 Å². The molecule has 0 saturated heterocycles. The van der Waals surface area contributed by atoms with Crippen LogP contribution in [0, 0.1) is 0 Å². The molecule has 1 heterocycles. The molecule has 0 bridgehead atoms. The van der Waals surface area contributed by atoms with Gasteiger partial charge in [-0.1, -0.05) is 0 Å². The number of hydrogen-bond acceptors (Lipinski definition) is 4. The van der Waals surface area contributed by atoms with E-state index >= 15 is 0 Å². The van der Waals surface area contributed by atoms with Crippen LogP contribution in [0.3, 0.4) is 0 Å². The number of rotatable bonds is 2. The fraction of sp³-hybridized carbons (Fsp3) is 0.231. The van der Waals surface area contributed by atoms with E-state index in [1.165, 1.54) is 17.0 Å². The van der Waals surface area contributed by atoms with Crippen LogP contribution < -0.4 is 4.90 Å². The van der Waals surface area contributed by atoms with Crippen molar-refractivity contribution in [1.82, 2.24) is 4.90 Å². The predicted molar refractivity (Wildman–Crippen MR) is 68.8 cm³/mol. The Morgan fingerprint density at radius 3 is 2.68 bits per heavy atom. The van der Waals surface area contributed by atoms with E-state index in [0.717, 1.165) is 4.90 Å². The summed E-state index contributed by atoms with van der Waals surface area (Å²) < 4.78 is 4.82. The topological polar surface area (TPSA) is 70.1 Å². The highest BCUT2D eigenvalue weighted by Crippen LogP contribution is 2.22. The number of imide groups is 1. The minimum absolute atomic E-state index is 0.111. The molecule has 100 valence electrons. The number of phenols is 1. The van der Waals surface area contributed by atoms with E-state index < -0.39 is 12.1 Å². The van der Waals surface area contributed by atoms with Crippen molar-refractivity contribution in [2.75, 3.05) is 18.1 Å². The molecule has 3 amide bonds. The zero-order valence-corrected chi connectivity index (χ0v) is 10.4. The summed E-state index contributed by atoms with van der Waals surface area (Å²) in [6.45, 7) is 2.08. The second-order valence-corrected chi connectivity index (χ2v) is 3.86. The molecule has 1 aliphatic heterocycles. The van der Waals surface area contributed by atoms with E-state index in [1.807, 2.05) is 0 Å². The first-order valence-electron chi connectivity index (χ1n) is 5.86. The second kappa shape index (κ2) is 5.43. The van der Waals surface area contributed by atoms with Crippen molar-refractivity contribution >= 4 is 17.8 Å². The maximum atomic E-state index is 12.2. The Hall–Kier alpha value is -2.50. The van der Waals surface area contributed by atoms with Gasteiger partial charge in [-0.25, -0.2) is 14.5 Å². The van der Waals surface area contributed by atoms with Crippen molar-refractivity contribution in [3.05, 3.63) is 36.5 Å². The van der Waals surface area contributed by atoms with Crippen LogP contribution in [-0.4, -0.2) is 35.3 Å². The number of phenolic OH excluding ortho intramolecular Hbond substituents is 1. The average Bonchev–Trinajstić information content (AvgIpc) is 2.40. The van der Waals surface area contributed by atoms with Gasteiger partial charge in [0.2, 0.25) is 0 Å². The van der Waals surface area contributed by atoms with E-state index in [-0.39, 0.29) is 18.9 Å². The first-order chi connectivity index (χ1) is 9.13. The van der Waals surface area contributed by atoms with Crippen LogP contribution in [0.15, 0.2) is 36.5 Å². The van der Waals surface area contributed by atoms with Crippen molar-refractivity contribution in [2.45, 2.75) is 6.92 Å². The molecule has 6 nitrogen and oxygen atoms in total. The molecular weight excluding hydrogens is 248 g/mol. The summed E-state index contributed by atoms with van der Waals surface area (Å²) in [5.74, 6) is 0.111. The zero-order chi connectivity index (χ0) is 13.8. The van der Waals surface area contributed by atoms with E-state index in [2.05, 4.69) is 0 Å². The second-order valence-electron chi connectivity index (χ2n) is 3.86. The van der Waals surface area contributed by atoms with Crippen molar-refractivity contribution in [3.63, 3.8) is 0 Å². The molecule has 2 rings (SSSR count). The van der Waals surface area contributed by atoms with Crippen molar-refractivity contribution < 1.29 is 19.4 Å². The highest BCUT2D eigenvalue weighted by Gasteiger charge is 2.29. The monoisotopic (exact) mass is 262 g/mol.